The number of benzene rings is 2. The van der Waals surface area contributed by atoms with E-state index in [1.807, 2.05) is 0 Å². The van der Waals surface area contributed by atoms with E-state index in [9.17, 15) is 23.6 Å². The third-order valence-electron chi connectivity index (χ3n) is 4.31. The molecule has 4 rings (SSSR count). The Morgan fingerprint density at radius 2 is 1.61 bits per heavy atom. The number of carbonyl (C=O) groups is 4. The maximum atomic E-state index is 14.1. The lowest BCUT2D eigenvalue weighted by Crippen LogP contribution is -2.33. The molecule has 0 aromatic heterocycles. The fraction of sp³-hybridized carbons (Fsp3) is 0.0526. The van der Waals surface area contributed by atoms with Gasteiger partial charge in [0.15, 0.2) is 0 Å². The van der Waals surface area contributed by atoms with Crippen LogP contribution in [0, 0.1) is 5.82 Å². The number of amides is 3. The van der Waals surface area contributed by atoms with Crippen LogP contribution in [0.5, 0.6) is 0 Å². The average Bonchev–Trinajstić information content (AvgIpc) is 3.09. The molecule has 140 valence electrons. The Bertz CT molecular complexity index is 1100. The normalized spacial score (nSPS) is 18.8. The van der Waals surface area contributed by atoms with Crippen LogP contribution in [0.3, 0.4) is 0 Å². The van der Waals surface area contributed by atoms with Gasteiger partial charge in [-0.2, -0.15) is 0 Å². The SMILES string of the molecule is O=C(O)CN1C(=O)/C(=C2\SC(=O)N(c3ccccc3F)C2=O)c2ccccc21. The minimum atomic E-state index is -1.22. The minimum Gasteiger partial charge on any atom is -0.480 e. The van der Waals surface area contributed by atoms with Crippen LogP contribution in [-0.2, 0) is 14.4 Å². The second kappa shape index (κ2) is 6.61. The van der Waals surface area contributed by atoms with Gasteiger partial charge in [0.2, 0.25) is 0 Å². The Labute approximate surface area is 162 Å². The topological polar surface area (TPSA) is 95.0 Å². The van der Waals surface area contributed by atoms with Gasteiger partial charge < -0.3 is 5.11 Å². The van der Waals surface area contributed by atoms with Gasteiger partial charge in [0.1, 0.15) is 12.4 Å². The van der Waals surface area contributed by atoms with Crippen LogP contribution in [0.2, 0.25) is 0 Å². The molecular formula is C19H11FN2O5S. The van der Waals surface area contributed by atoms with E-state index < -0.39 is 35.4 Å². The molecule has 1 saturated heterocycles. The number of carboxylic acids is 1. The second-order valence-electron chi connectivity index (χ2n) is 5.97. The van der Waals surface area contributed by atoms with Gasteiger partial charge in [-0.1, -0.05) is 30.3 Å². The molecule has 2 heterocycles. The molecule has 2 aromatic carbocycles. The van der Waals surface area contributed by atoms with Crippen LogP contribution in [0.1, 0.15) is 5.56 Å². The zero-order chi connectivity index (χ0) is 20.0. The maximum absolute atomic E-state index is 14.1. The number of fused-ring (bicyclic) bond motifs is 1. The van der Waals surface area contributed by atoms with Gasteiger partial charge in [-0.05, 0) is 30.0 Å². The van der Waals surface area contributed by atoms with Crippen molar-refractivity contribution in [2.75, 3.05) is 16.3 Å². The number of carbonyl (C=O) groups excluding carboxylic acids is 3. The molecule has 2 aliphatic rings. The van der Waals surface area contributed by atoms with Crippen molar-refractivity contribution >= 4 is 51.7 Å². The van der Waals surface area contributed by atoms with Gasteiger partial charge >= 0.3 is 5.97 Å². The predicted molar refractivity (Wildman–Crippen MR) is 100 cm³/mol. The van der Waals surface area contributed by atoms with Gasteiger partial charge in [0.25, 0.3) is 17.1 Å². The number of hydrogen-bond donors (Lipinski definition) is 1. The third-order valence-corrected chi connectivity index (χ3v) is 5.25. The van der Waals surface area contributed by atoms with Crippen LogP contribution in [-0.4, -0.2) is 34.7 Å². The number of rotatable bonds is 3. The first-order chi connectivity index (χ1) is 13.4. The van der Waals surface area contributed by atoms with Crippen molar-refractivity contribution in [2.45, 2.75) is 0 Å². The Kier molecular flexibility index (Phi) is 4.23. The molecule has 1 fully saturated rings. The van der Waals surface area contributed by atoms with Crippen molar-refractivity contribution in [3.8, 4) is 0 Å². The molecule has 1 N–H and O–H groups in total. The number of para-hydroxylation sites is 2. The minimum absolute atomic E-state index is 0.0564. The van der Waals surface area contributed by atoms with Crippen LogP contribution in [0.4, 0.5) is 20.6 Å². The fourth-order valence-corrected chi connectivity index (χ4v) is 4.08. The highest BCUT2D eigenvalue weighted by atomic mass is 32.2. The Balaban J connectivity index is 1.85. The molecule has 0 bridgehead atoms. The predicted octanol–water partition coefficient (Wildman–Crippen LogP) is 2.87. The number of halogens is 1. The van der Waals surface area contributed by atoms with E-state index in [1.54, 1.807) is 24.3 Å². The summed E-state index contributed by atoms with van der Waals surface area (Å²) < 4.78 is 14.1. The first-order valence-electron chi connectivity index (χ1n) is 8.08. The summed E-state index contributed by atoms with van der Waals surface area (Å²) in [5.41, 5.74) is 0.427. The Morgan fingerprint density at radius 1 is 0.964 bits per heavy atom. The summed E-state index contributed by atoms with van der Waals surface area (Å²) in [6.07, 6.45) is 0. The highest BCUT2D eigenvalue weighted by molar-refractivity contribution is 8.19. The van der Waals surface area contributed by atoms with Gasteiger partial charge in [0.05, 0.1) is 21.9 Å². The average molecular weight is 398 g/mol. The maximum Gasteiger partial charge on any atom is 0.323 e. The van der Waals surface area contributed by atoms with E-state index in [0.29, 0.717) is 27.9 Å². The lowest BCUT2D eigenvalue weighted by atomic mass is 10.1. The number of imide groups is 1. The molecular weight excluding hydrogens is 387 g/mol. The number of carboxylic acid groups (broad SMARTS) is 1. The lowest BCUT2D eigenvalue weighted by molar-refractivity contribution is -0.136. The molecule has 0 saturated carbocycles. The molecule has 3 amide bonds. The summed E-state index contributed by atoms with van der Waals surface area (Å²) in [6.45, 7) is -0.587. The number of thioether (sulfide) groups is 1. The van der Waals surface area contributed by atoms with Crippen molar-refractivity contribution in [2.24, 2.45) is 0 Å². The van der Waals surface area contributed by atoms with E-state index in [2.05, 4.69) is 0 Å². The number of hydrogen-bond acceptors (Lipinski definition) is 5. The number of nitrogens with zero attached hydrogens (tertiary/aromatic N) is 2. The molecule has 2 aliphatic heterocycles. The van der Waals surface area contributed by atoms with E-state index in [1.165, 1.54) is 18.2 Å². The van der Waals surface area contributed by atoms with E-state index >= 15 is 0 Å². The molecule has 0 radical (unpaired) electrons. The van der Waals surface area contributed by atoms with E-state index in [-0.39, 0.29) is 16.2 Å². The summed E-state index contributed by atoms with van der Waals surface area (Å²) in [6, 6.07) is 11.7. The van der Waals surface area contributed by atoms with E-state index in [0.717, 1.165) is 11.0 Å². The highest BCUT2D eigenvalue weighted by Crippen LogP contribution is 2.45. The summed E-state index contributed by atoms with van der Waals surface area (Å²) in [5.74, 6) is -3.48. The first kappa shape index (κ1) is 17.9. The summed E-state index contributed by atoms with van der Waals surface area (Å²) >= 11 is 0.526. The lowest BCUT2D eigenvalue weighted by Gasteiger charge is -2.14. The monoisotopic (exact) mass is 398 g/mol. The standard InChI is InChI=1S/C19H11FN2O5S/c20-11-6-2-4-8-13(11)22-18(26)16(28-19(22)27)15-10-5-1-3-7-12(10)21(17(15)25)9-14(23)24/h1-8H,9H2,(H,23,24)/b16-15-. The zero-order valence-electron chi connectivity index (χ0n) is 14.1. The quantitative estimate of drug-likeness (QED) is 0.799. The number of anilines is 2. The molecule has 28 heavy (non-hydrogen) atoms. The van der Waals surface area contributed by atoms with Crippen LogP contribution < -0.4 is 9.80 Å². The Morgan fingerprint density at radius 3 is 2.29 bits per heavy atom. The molecule has 0 atom stereocenters. The van der Waals surface area contributed by atoms with Crippen LogP contribution in [0.25, 0.3) is 5.57 Å². The molecule has 2 aromatic rings. The van der Waals surface area contributed by atoms with Crippen molar-refractivity contribution in [3.63, 3.8) is 0 Å². The molecule has 0 spiro atoms. The molecule has 0 aliphatic carbocycles. The number of aliphatic carboxylic acids is 1. The summed E-state index contributed by atoms with van der Waals surface area (Å²) in [7, 11) is 0. The smallest absolute Gasteiger partial charge is 0.323 e. The van der Waals surface area contributed by atoms with Crippen molar-refractivity contribution in [3.05, 3.63) is 64.8 Å². The molecule has 0 unspecified atom stereocenters. The van der Waals surface area contributed by atoms with Crippen molar-refractivity contribution < 1.29 is 28.7 Å². The van der Waals surface area contributed by atoms with Gasteiger partial charge in [-0.25, -0.2) is 9.29 Å². The summed E-state index contributed by atoms with van der Waals surface area (Å²) in [4.78, 5) is 50.9. The van der Waals surface area contributed by atoms with Gasteiger partial charge in [0, 0.05) is 5.56 Å². The van der Waals surface area contributed by atoms with E-state index in [4.69, 9.17) is 5.11 Å². The largest absolute Gasteiger partial charge is 0.480 e. The molecule has 9 heteroatoms. The first-order valence-corrected chi connectivity index (χ1v) is 8.90. The third kappa shape index (κ3) is 2.67. The fourth-order valence-electron chi connectivity index (χ4n) is 3.15. The second-order valence-corrected chi connectivity index (χ2v) is 6.93. The summed E-state index contributed by atoms with van der Waals surface area (Å²) in [5, 5.41) is 8.36. The zero-order valence-corrected chi connectivity index (χ0v) is 14.9. The molecule has 7 nitrogen and oxygen atoms in total. The van der Waals surface area contributed by atoms with Crippen LogP contribution >= 0.6 is 11.8 Å². The van der Waals surface area contributed by atoms with Gasteiger partial charge in [-0.3, -0.25) is 24.1 Å². The van der Waals surface area contributed by atoms with Crippen LogP contribution in [0.15, 0.2) is 53.4 Å². The van der Waals surface area contributed by atoms with Crippen molar-refractivity contribution in [1.29, 1.82) is 0 Å². The highest BCUT2D eigenvalue weighted by Gasteiger charge is 2.44. The Hall–Kier alpha value is -3.46. The van der Waals surface area contributed by atoms with Gasteiger partial charge in [-0.15, -0.1) is 0 Å². The van der Waals surface area contributed by atoms with Crippen molar-refractivity contribution in [1.82, 2.24) is 0 Å².